The van der Waals surface area contributed by atoms with Crippen molar-refractivity contribution in [2.24, 2.45) is 0 Å². The predicted octanol–water partition coefficient (Wildman–Crippen LogP) is 5.69. The third kappa shape index (κ3) is 11.4. The molecule has 0 amide bonds. The molecule has 0 heterocycles. The fourth-order valence-corrected chi connectivity index (χ4v) is 1.65. The Kier molecular flexibility index (Phi) is 8.80. The zero-order chi connectivity index (χ0) is 18.5. The molecule has 132 valence electrons. The molecule has 0 bridgehead atoms. The quantitative estimate of drug-likeness (QED) is 0.530. The van der Waals surface area contributed by atoms with Gasteiger partial charge in [-0.15, -0.1) is 0 Å². The average Bonchev–Trinajstić information content (AvgIpc) is 2.56. The van der Waals surface area contributed by atoms with E-state index in [4.69, 9.17) is 4.74 Å². The van der Waals surface area contributed by atoms with Crippen LogP contribution in [0.15, 0.2) is 73.2 Å². The van der Waals surface area contributed by atoms with E-state index in [1.807, 2.05) is 87.5 Å². The van der Waals surface area contributed by atoms with Gasteiger partial charge in [0, 0.05) is 6.92 Å². The molecular weight excluding hydrogens is 312 g/mol. The van der Waals surface area contributed by atoms with Crippen LogP contribution in [-0.2, 0) is 14.3 Å². The Morgan fingerprint density at radius 3 is 1.64 bits per heavy atom. The van der Waals surface area contributed by atoms with Gasteiger partial charge in [-0.1, -0.05) is 60.7 Å². The molecule has 0 aliphatic rings. The molecule has 0 fully saturated rings. The fourth-order valence-electron chi connectivity index (χ4n) is 1.65. The summed E-state index contributed by atoms with van der Waals surface area (Å²) in [5, 5.41) is 0. The number of rotatable bonds is 4. The van der Waals surface area contributed by atoms with Crippen molar-refractivity contribution in [2.45, 2.75) is 33.3 Å². The molecule has 0 aliphatic carbocycles. The molecule has 0 saturated heterocycles. The van der Waals surface area contributed by atoms with Gasteiger partial charge in [0.15, 0.2) is 0 Å². The van der Waals surface area contributed by atoms with Crippen LogP contribution in [0.25, 0.3) is 12.2 Å². The van der Waals surface area contributed by atoms with E-state index in [2.05, 4.69) is 4.74 Å². The molecule has 0 saturated carbocycles. The summed E-state index contributed by atoms with van der Waals surface area (Å²) in [5.74, 6) is -0.304. The highest BCUT2D eigenvalue weighted by molar-refractivity contribution is 5.67. The minimum absolute atomic E-state index is 0.106. The van der Waals surface area contributed by atoms with Gasteiger partial charge in [-0.25, -0.2) is 0 Å². The van der Waals surface area contributed by atoms with Gasteiger partial charge >= 0.3 is 5.97 Å². The van der Waals surface area contributed by atoms with Crippen LogP contribution < -0.4 is 0 Å². The minimum Gasteiger partial charge on any atom is -0.496 e. The van der Waals surface area contributed by atoms with Gasteiger partial charge in [0.25, 0.3) is 0 Å². The maximum absolute atomic E-state index is 10.4. The lowest BCUT2D eigenvalue weighted by Crippen LogP contribution is -2.15. The van der Waals surface area contributed by atoms with E-state index in [0.29, 0.717) is 0 Å². The smallest absolute Gasteiger partial charge is 0.307 e. The first kappa shape index (κ1) is 20.2. The van der Waals surface area contributed by atoms with E-state index in [9.17, 15) is 4.79 Å². The Labute approximate surface area is 150 Å². The van der Waals surface area contributed by atoms with Crippen LogP contribution in [-0.4, -0.2) is 11.6 Å². The number of carbonyl (C=O) groups is 1. The Hall–Kier alpha value is -2.81. The Morgan fingerprint density at radius 2 is 1.24 bits per heavy atom. The van der Waals surface area contributed by atoms with Crippen molar-refractivity contribution in [3.05, 3.63) is 84.3 Å². The van der Waals surface area contributed by atoms with Crippen LogP contribution in [0.2, 0.25) is 0 Å². The molecule has 25 heavy (non-hydrogen) atoms. The molecule has 2 aromatic carbocycles. The number of benzene rings is 2. The van der Waals surface area contributed by atoms with Gasteiger partial charge in [-0.3, -0.25) is 4.79 Å². The molecule has 0 spiro atoms. The summed E-state index contributed by atoms with van der Waals surface area (Å²) in [4.78, 5) is 10.4. The number of hydrogen-bond acceptors (Lipinski definition) is 3. The van der Waals surface area contributed by atoms with Gasteiger partial charge in [-0.05, 0) is 44.1 Å². The highest BCUT2D eigenvalue weighted by Crippen LogP contribution is 2.09. The van der Waals surface area contributed by atoms with Crippen LogP contribution >= 0.6 is 0 Å². The summed E-state index contributed by atoms with van der Waals surface area (Å²) in [7, 11) is 0. The van der Waals surface area contributed by atoms with E-state index in [-0.39, 0.29) is 11.6 Å². The third-order valence-corrected chi connectivity index (χ3v) is 2.78. The van der Waals surface area contributed by atoms with Crippen LogP contribution in [0.1, 0.15) is 38.8 Å². The van der Waals surface area contributed by atoms with Crippen LogP contribution in [0.4, 0.5) is 0 Å². The summed E-state index contributed by atoms with van der Waals surface area (Å²) in [6.45, 7) is 7.46. The summed E-state index contributed by atoms with van der Waals surface area (Å²) < 4.78 is 10.1. The maximum Gasteiger partial charge on any atom is 0.307 e. The van der Waals surface area contributed by atoms with Crippen molar-refractivity contribution in [3.8, 4) is 0 Å². The summed E-state index contributed by atoms with van der Waals surface area (Å²) >= 11 is 0. The van der Waals surface area contributed by atoms with E-state index in [1.165, 1.54) is 13.2 Å². The molecule has 3 nitrogen and oxygen atoms in total. The van der Waals surface area contributed by atoms with Crippen molar-refractivity contribution in [3.63, 3.8) is 0 Å². The SMILES string of the molecule is CC(=O)OC=Cc1ccccc1.CC(C)(C)OC=Cc1ccccc1. The molecule has 0 aliphatic heterocycles. The molecule has 0 radical (unpaired) electrons. The van der Waals surface area contributed by atoms with Crippen molar-refractivity contribution in [1.82, 2.24) is 0 Å². The number of esters is 1. The molecule has 2 rings (SSSR count). The summed E-state index contributed by atoms with van der Waals surface area (Å²) in [6, 6.07) is 19.8. The number of ether oxygens (including phenoxy) is 2. The molecule has 0 N–H and O–H groups in total. The fraction of sp³-hybridized carbons (Fsp3) is 0.227. The van der Waals surface area contributed by atoms with E-state index >= 15 is 0 Å². The predicted molar refractivity (Wildman–Crippen MR) is 104 cm³/mol. The standard InChI is InChI=1S/C12H16O.C10H10O2/c1-12(2,3)13-10-9-11-7-5-4-6-8-11;1-9(11)12-8-7-10-5-3-2-4-6-10/h4-10H,1-3H3;2-8H,1H3. The lowest BCUT2D eigenvalue weighted by atomic mass is 10.2. The van der Waals surface area contributed by atoms with Crippen molar-refractivity contribution in [2.75, 3.05) is 0 Å². The monoisotopic (exact) mass is 338 g/mol. The normalized spacial score (nSPS) is 11.0. The van der Waals surface area contributed by atoms with Crippen molar-refractivity contribution >= 4 is 18.1 Å². The lowest BCUT2D eigenvalue weighted by Gasteiger charge is -2.17. The molecule has 0 unspecified atom stereocenters. The molecule has 3 heteroatoms. The zero-order valence-corrected chi connectivity index (χ0v) is 15.3. The van der Waals surface area contributed by atoms with Crippen LogP contribution in [0.3, 0.4) is 0 Å². The highest BCUT2D eigenvalue weighted by Gasteiger charge is 2.06. The van der Waals surface area contributed by atoms with Crippen molar-refractivity contribution < 1.29 is 14.3 Å². The van der Waals surface area contributed by atoms with Crippen LogP contribution in [0, 0.1) is 0 Å². The molecular formula is C22H26O3. The third-order valence-electron chi connectivity index (χ3n) is 2.78. The van der Waals surface area contributed by atoms with E-state index in [1.54, 1.807) is 12.3 Å². The second kappa shape index (κ2) is 10.9. The highest BCUT2D eigenvalue weighted by atomic mass is 16.5. The van der Waals surface area contributed by atoms with Crippen LogP contribution in [0.5, 0.6) is 0 Å². The van der Waals surface area contributed by atoms with Gasteiger partial charge in [0.1, 0.15) is 0 Å². The summed E-state index contributed by atoms with van der Waals surface area (Å²) in [5.41, 5.74) is 2.07. The zero-order valence-electron chi connectivity index (χ0n) is 15.3. The number of carbonyl (C=O) groups excluding carboxylic acids is 1. The Morgan fingerprint density at radius 1 is 0.800 bits per heavy atom. The van der Waals surface area contributed by atoms with Gasteiger partial charge in [-0.2, -0.15) is 0 Å². The number of hydrogen-bond donors (Lipinski definition) is 0. The van der Waals surface area contributed by atoms with Gasteiger partial charge in [0.05, 0.1) is 18.1 Å². The second-order valence-electron chi connectivity index (χ2n) is 6.27. The Bertz CT molecular complexity index is 665. The molecule has 0 aromatic heterocycles. The minimum atomic E-state index is -0.304. The lowest BCUT2D eigenvalue weighted by molar-refractivity contribution is -0.135. The molecule has 0 atom stereocenters. The molecule has 2 aromatic rings. The largest absolute Gasteiger partial charge is 0.496 e. The first-order valence-corrected chi connectivity index (χ1v) is 8.15. The Balaban J connectivity index is 0.000000251. The van der Waals surface area contributed by atoms with Crippen molar-refractivity contribution in [1.29, 1.82) is 0 Å². The average molecular weight is 338 g/mol. The first-order valence-electron chi connectivity index (χ1n) is 8.15. The maximum atomic E-state index is 10.4. The van der Waals surface area contributed by atoms with Gasteiger partial charge < -0.3 is 9.47 Å². The topological polar surface area (TPSA) is 35.5 Å². The second-order valence-corrected chi connectivity index (χ2v) is 6.27. The van der Waals surface area contributed by atoms with E-state index in [0.717, 1.165) is 11.1 Å². The van der Waals surface area contributed by atoms with E-state index < -0.39 is 0 Å². The first-order chi connectivity index (χ1) is 11.9. The summed E-state index contributed by atoms with van der Waals surface area (Å²) in [6.07, 6.45) is 6.83. The van der Waals surface area contributed by atoms with Gasteiger partial charge in [0.2, 0.25) is 0 Å².